The Hall–Kier alpha value is -2.79. The molecule has 1 heterocycles. The molecule has 1 aliphatic rings. The number of carbonyl (C=O) groups is 1. The third-order valence-corrected chi connectivity index (χ3v) is 6.03. The van der Waals surface area contributed by atoms with Crippen molar-refractivity contribution in [2.45, 2.75) is 44.7 Å². The smallest absolute Gasteiger partial charge is 0.251 e. The van der Waals surface area contributed by atoms with E-state index in [4.69, 9.17) is 16.3 Å². The molecule has 3 aromatic rings. The molecule has 1 amide bonds. The zero-order chi connectivity index (χ0) is 21.1. The van der Waals surface area contributed by atoms with E-state index in [-0.39, 0.29) is 11.9 Å². The highest BCUT2D eigenvalue weighted by Crippen LogP contribution is 2.28. The second kappa shape index (κ2) is 8.92. The first kappa shape index (κ1) is 20.5. The van der Waals surface area contributed by atoms with E-state index >= 15 is 0 Å². The number of rotatable bonds is 5. The first-order chi connectivity index (χ1) is 14.5. The highest BCUT2D eigenvalue weighted by molar-refractivity contribution is 6.31. The van der Waals surface area contributed by atoms with Gasteiger partial charge in [0.05, 0.1) is 12.6 Å². The molecule has 0 saturated heterocycles. The van der Waals surface area contributed by atoms with Gasteiger partial charge in [-0.05, 0) is 74.6 Å². The van der Waals surface area contributed by atoms with Crippen LogP contribution in [0.5, 0.6) is 5.75 Å². The fourth-order valence-electron chi connectivity index (χ4n) is 4.08. The fourth-order valence-corrected chi connectivity index (χ4v) is 4.25. The lowest BCUT2D eigenvalue weighted by atomic mass is 9.90. The number of benzene rings is 2. The van der Waals surface area contributed by atoms with Crippen molar-refractivity contribution in [3.63, 3.8) is 0 Å². The Labute approximate surface area is 181 Å². The maximum atomic E-state index is 12.6. The van der Waals surface area contributed by atoms with E-state index in [1.807, 2.05) is 49.5 Å². The summed E-state index contributed by atoms with van der Waals surface area (Å²) in [6.07, 6.45) is 5.70. The van der Waals surface area contributed by atoms with E-state index < -0.39 is 0 Å². The Morgan fingerprint density at radius 3 is 2.60 bits per heavy atom. The Balaban J connectivity index is 1.35. The highest BCUT2D eigenvalue weighted by atomic mass is 35.5. The molecule has 2 N–H and O–H groups in total. The highest BCUT2D eigenvalue weighted by Gasteiger charge is 2.23. The van der Waals surface area contributed by atoms with Gasteiger partial charge in [0.1, 0.15) is 5.75 Å². The largest absolute Gasteiger partial charge is 0.496 e. The van der Waals surface area contributed by atoms with Crippen LogP contribution in [-0.2, 0) is 0 Å². The maximum Gasteiger partial charge on any atom is 0.251 e. The van der Waals surface area contributed by atoms with Crippen molar-refractivity contribution >= 4 is 34.1 Å². The maximum absolute atomic E-state index is 12.6. The van der Waals surface area contributed by atoms with E-state index in [9.17, 15) is 4.79 Å². The Bertz CT molecular complexity index is 1060. The summed E-state index contributed by atoms with van der Waals surface area (Å²) >= 11 is 6.09. The molecule has 4 rings (SSSR count). The molecule has 30 heavy (non-hydrogen) atoms. The molecule has 1 saturated carbocycles. The van der Waals surface area contributed by atoms with E-state index in [0.29, 0.717) is 16.6 Å². The average molecular weight is 424 g/mol. The summed E-state index contributed by atoms with van der Waals surface area (Å²) in [7, 11) is 1.62. The summed E-state index contributed by atoms with van der Waals surface area (Å²) in [6.45, 7) is 1.97. The Kier molecular flexibility index (Phi) is 6.09. The van der Waals surface area contributed by atoms with Crippen LogP contribution >= 0.6 is 11.6 Å². The predicted molar refractivity (Wildman–Crippen MR) is 122 cm³/mol. The number of ether oxygens (including phenoxy) is 1. The molecule has 0 spiro atoms. The zero-order valence-electron chi connectivity index (χ0n) is 17.2. The molecule has 1 aromatic heterocycles. The summed E-state index contributed by atoms with van der Waals surface area (Å²) in [4.78, 5) is 17.0. The molecule has 156 valence electrons. The molecule has 6 heteroatoms. The number of methoxy groups -OCH3 is 1. The number of amides is 1. The number of nitrogens with one attached hydrogen (secondary N) is 2. The van der Waals surface area contributed by atoms with Gasteiger partial charge in [-0.25, -0.2) is 0 Å². The summed E-state index contributed by atoms with van der Waals surface area (Å²) in [5, 5.41) is 8.60. The van der Waals surface area contributed by atoms with Crippen molar-refractivity contribution in [1.29, 1.82) is 0 Å². The van der Waals surface area contributed by atoms with E-state index in [1.54, 1.807) is 13.2 Å². The lowest BCUT2D eigenvalue weighted by molar-refractivity contribution is 0.0926. The van der Waals surface area contributed by atoms with Crippen molar-refractivity contribution < 1.29 is 9.53 Å². The Morgan fingerprint density at radius 1 is 1.07 bits per heavy atom. The van der Waals surface area contributed by atoms with Crippen LogP contribution in [-0.4, -0.2) is 30.1 Å². The number of hydrogen-bond acceptors (Lipinski definition) is 4. The van der Waals surface area contributed by atoms with Gasteiger partial charge in [-0.2, -0.15) is 0 Å². The van der Waals surface area contributed by atoms with Crippen LogP contribution in [0.4, 0.5) is 5.69 Å². The van der Waals surface area contributed by atoms with E-state index in [2.05, 4.69) is 15.6 Å². The van der Waals surface area contributed by atoms with Gasteiger partial charge in [0.25, 0.3) is 5.91 Å². The van der Waals surface area contributed by atoms with Crippen LogP contribution < -0.4 is 15.4 Å². The summed E-state index contributed by atoms with van der Waals surface area (Å²) in [5.74, 6) is 0.697. The van der Waals surface area contributed by atoms with E-state index in [0.717, 1.165) is 53.6 Å². The minimum Gasteiger partial charge on any atom is -0.496 e. The number of carbonyl (C=O) groups excluding carboxylic acids is 1. The summed E-state index contributed by atoms with van der Waals surface area (Å²) in [6, 6.07) is 13.9. The van der Waals surface area contributed by atoms with Crippen LogP contribution in [0, 0.1) is 6.92 Å². The first-order valence-corrected chi connectivity index (χ1v) is 10.7. The number of fused-ring (bicyclic) bond motifs is 1. The van der Waals surface area contributed by atoms with Gasteiger partial charge >= 0.3 is 0 Å². The molecule has 1 aliphatic carbocycles. The Morgan fingerprint density at radius 2 is 1.83 bits per heavy atom. The zero-order valence-corrected chi connectivity index (χ0v) is 18.0. The number of nitrogens with zero attached hydrogens (tertiary/aromatic N) is 1. The fraction of sp³-hybridized carbons (Fsp3) is 0.333. The van der Waals surface area contributed by atoms with Crippen molar-refractivity contribution in [2.24, 2.45) is 0 Å². The van der Waals surface area contributed by atoms with Crippen LogP contribution in [0.3, 0.4) is 0 Å². The third-order valence-electron chi connectivity index (χ3n) is 5.80. The SMILES string of the molecule is COc1cc(C(=O)NC2CCC(Nc3ccnc4cc(Cl)ccc34)CC2)ccc1C. The molecule has 0 bridgehead atoms. The molecule has 1 fully saturated rings. The number of anilines is 1. The van der Waals surface area contributed by atoms with Gasteiger partial charge in [-0.1, -0.05) is 17.7 Å². The van der Waals surface area contributed by atoms with Crippen molar-refractivity contribution in [1.82, 2.24) is 10.3 Å². The van der Waals surface area contributed by atoms with Crippen LogP contribution in [0.15, 0.2) is 48.7 Å². The number of halogens is 1. The lowest BCUT2D eigenvalue weighted by Crippen LogP contribution is -2.40. The van der Waals surface area contributed by atoms with Gasteiger partial charge in [-0.3, -0.25) is 9.78 Å². The second-order valence-electron chi connectivity index (χ2n) is 7.87. The van der Waals surface area contributed by atoms with Gasteiger partial charge in [0, 0.05) is 39.9 Å². The number of aromatic nitrogens is 1. The molecule has 0 unspecified atom stereocenters. The average Bonchev–Trinajstić information content (AvgIpc) is 2.75. The quantitative estimate of drug-likeness (QED) is 0.580. The first-order valence-electron chi connectivity index (χ1n) is 10.3. The van der Waals surface area contributed by atoms with Gasteiger partial charge in [0.2, 0.25) is 0 Å². The van der Waals surface area contributed by atoms with E-state index in [1.165, 1.54) is 0 Å². The standard InChI is InChI=1S/C24H26ClN3O2/c1-15-3-4-16(13-23(15)30-2)24(29)28-19-8-6-18(7-9-19)27-21-11-12-26-22-14-17(25)5-10-20(21)22/h3-5,10-14,18-19H,6-9H2,1-2H3,(H,26,27)(H,28,29). The second-order valence-corrected chi connectivity index (χ2v) is 8.31. The summed E-state index contributed by atoms with van der Waals surface area (Å²) in [5.41, 5.74) is 3.63. The van der Waals surface area contributed by atoms with Gasteiger partial charge in [0.15, 0.2) is 0 Å². The van der Waals surface area contributed by atoms with Crippen LogP contribution in [0.1, 0.15) is 41.6 Å². The van der Waals surface area contributed by atoms with Crippen molar-refractivity contribution in [2.75, 3.05) is 12.4 Å². The third kappa shape index (κ3) is 4.51. The number of hydrogen-bond donors (Lipinski definition) is 2. The van der Waals surface area contributed by atoms with Crippen molar-refractivity contribution in [3.8, 4) is 5.75 Å². The topological polar surface area (TPSA) is 63.2 Å². The molecule has 0 radical (unpaired) electrons. The minimum absolute atomic E-state index is 0.0401. The molecular formula is C24H26ClN3O2. The van der Waals surface area contributed by atoms with Gasteiger partial charge in [-0.15, -0.1) is 0 Å². The van der Waals surface area contributed by atoms with Crippen LogP contribution in [0.2, 0.25) is 5.02 Å². The lowest BCUT2D eigenvalue weighted by Gasteiger charge is -2.30. The predicted octanol–water partition coefficient (Wildman–Crippen LogP) is 5.36. The van der Waals surface area contributed by atoms with Crippen molar-refractivity contribution in [3.05, 3.63) is 64.8 Å². The number of pyridine rings is 1. The molecular weight excluding hydrogens is 398 g/mol. The molecule has 2 aromatic carbocycles. The van der Waals surface area contributed by atoms with Crippen LogP contribution in [0.25, 0.3) is 10.9 Å². The molecule has 0 atom stereocenters. The summed E-state index contributed by atoms with van der Waals surface area (Å²) < 4.78 is 5.33. The normalized spacial score (nSPS) is 18.8. The minimum atomic E-state index is -0.0401. The number of aryl methyl sites for hydroxylation is 1. The monoisotopic (exact) mass is 423 g/mol. The molecule has 5 nitrogen and oxygen atoms in total. The van der Waals surface area contributed by atoms with Gasteiger partial charge < -0.3 is 15.4 Å². The molecule has 0 aliphatic heterocycles.